The Hall–Kier alpha value is -3.25. The number of anilines is 1. The summed E-state index contributed by atoms with van der Waals surface area (Å²) in [5.41, 5.74) is 5.01. The molecule has 1 aromatic carbocycles. The van der Waals surface area contributed by atoms with Crippen molar-refractivity contribution in [3.63, 3.8) is 0 Å². The molecule has 0 bridgehead atoms. The third-order valence-electron chi connectivity index (χ3n) is 5.41. The fourth-order valence-electron chi connectivity index (χ4n) is 3.68. The highest BCUT2D eigenvalue weighted by Gasteiger charge is 2.27. The Balaban J connectivity index is 1.49. The van der Waals surface area contributed by atoms with Gasteiger partial charge in [-0.2, -0.15) is 0 Å². The number of carbonyl (C=O) groups is 1. The summed E-state index contributed by atoms with van der Waals surface area (Å²) in [7, 11) is 1.79. The summed E-state index contributed by atoms with van der Waals surface area (Å²) in [6.45, 7) is 3.65. The standard InChI is InChI=1S/C24H26N4O2/c1-17-6-3-4-7-18(17)14-20-8-5-9-21(27-20)22-16-28(12-13-30-22)24(29)19-10-11-26-23(15-19)25-2/h3-11,15,22H,12-14,16H2,1-2H3,(H,25,26)/t22-/m0/s1. The average molecular weight is 402 g/mol. The highest BCUT2D eigenvalue weighted by Crippen LogP contribution is 2.23. The molecule has 6 nitrogen and oxygen atoms in total. The van der Waals surface area contributed by atoms with E-state index in [1.54, 1.807) is 25.4 Å². The van der Waals surface area contributed by atoms with E-state index in [2.05, 4.69) is 35.4 Å². The van der Waals surface area contributed by atoms with E-state index in [9.17, 15) is 4.79 Å². The molecule has 0 unspecified atom stereocenters. The molecular weight excluding hydrogens is 376 g/mol. The van der Waals surface area contributed by atoms with Crippen molar-refractivity contribution in [3.05, 3.63) is 88.9 Å². The molecule has 0 spiro atoms. The smallest absolute Gasteiger partial charge is 0.254 e. The molecule has 6 heteroatoms. The van der Waals surface area contributed by atoms with Crippen molar-refractivity contribution in [2.75, 3.05) is 32.1 Å². The number of morpholine rings is 1. The lowest BCUT2D eigenvalue weighted by molar-refractivity contribution is -0.0247. The zero-order chi connectivity index (χ0) is 20.9. The summed E-state index contributed by atoms with van der Waals surface area (Å²) in [5.74, 6) is 0.662. The lowest BCUT2D eigenvalue weighted by Crippen LogP contribution is -2.42. The van der Waals surface area contributed by atoms with Crippen LogP contribution >= 0.6 is 0 Å². The zero-order valence-corrected chi connectivity index (χ0v) is 17.3. The first-order chi connectivity index (χ1) is 14.6. The number of rotatable bonds is 5. The summed E-state index contributed by atoms with van der Waals surface area (Å²) >= 11 is 0. The highest BCUT2D eigenvalue weighted by atomic mass is 16.5. The van der Waals surface area contributed by atoms with Gasteiger partial charge in [-0.1, -0.05) is 30.3 Å². The van der Waals surface area contributed by atoms with Gasteiger partial charge in [0.1, 0.15) is 11.9 Å². The van der Waals surface area contributed by atoms with E-state index < -0.39 is 0 Å². The maximum Gasteiger partial charge on any atom is 0.254 e. The number of carbonyl (C=O) groups excluding carboxylic acids is 1. The number of nitrogens with one attached hydrogen (secondary N) is 1. The van der Waals surface area contributed by atoms with E-state index in [1.807, 2.05) is 29.2 Å². The van der Waals surface area contributed by atoms with Crippen molar-refractivity contribution in [2.45, 2.75) is 19.4 Å². The van der Waals surface area contributed by atoms with Crippen molar-refractivity contribution in [1.29, 1.82) is 0 Å². The number of aromatic nitrogens is 2. The fraction of sp³-hybridized carbons (Fsp3) is 0.292. The molecule has 2 aromatic heterocycles. The summed E-state index contributed by atoms with van der Waals surface area (Å²) in [6, 6.07) is 17.9. The van der Waals surface area contributed by atoms with Crippen LogP contribution in [0.15, 0.2) is 60.8 Å². The van der Waals surface area contributed by atoms with Crippen LogP contribution in [0.25, 0.3) is 0 Å². The highest BCUT2D eigenvalue weighted by molar-refractivity contribution is 5.94. The van der Waals surface area contributed by atoms with Crippen molar-refractivity contribution in [2.24, 2.45) is 0 Å². The minimum absolute atomic E-state index is 0.0155. The normalized spacial score (nSPS) is 16.3. The van der Waals surface area contributed by atoms with Crippen LogP contribution in [-0.4, -0.2) is 47.5 Å². The van der Waals surface area contributed by atoms with Gasteiger partial charge in [0.25, 0.3) is 5.91 Å². The minimum Gasteiger partial charge on any atom is -0.373 e. The molecule has 1 aliphatic heterocycles. The third-order valence-corrected chi connectivity index (χ3v) is 5.41. The maximum atomic E-state index is 13.0. The molecule has 3 aromatic rings. The Morgan fingerprint density at radius 2 is 2.07 bits per heavy atom. The molecule has 1 aliphatic rings. The van der Waals surface area contributed by atoms with Crippen LogP contribution in [0.3, 0.4) is 0 Å². The van der Waals surface area contributed by atoms with Gasteiger partial charge in [0.05, 0.1) is 18.8 Å². The van der Waals surface area contributed by atoms with E-state index >= 15 is 0 Å². The van der Waals surface area contributed by atoms with Crippen LogP contribution in [-0.2, 0) is 11.2 Å². The van der Waals surface area contributed by atoms with Gasteiger partial charge in [0, 0.05) is 37.5 Å². The molecule has 3 heterocycles. The topological polar surface area (TPSA) is 67.4 Å². The molecule has 1 saturated heterocycles. The molecule has 1 amide bonds. The third kappa shape index (κ3) is 4.49. The summed E-state index contributed by atoms with van der Waals surface area (Å²) in [6.07, 6.45) is 2.19. The van der Waals surface area contributed by atoms with E-state index in [0.717, 1.165) is 17.8 Å². The van der Waals surface area contributed by atoms with Crippen molar-refractivity contribution < 1.29 is 9.53 Å². The van der Waals surface area contributed by atoms with Crippen LogP contribution in [0.1, 0.15) is 39.0 Å². The Bertz CT molecular complexity index is 1040. The van der Waals surface area contributed by atoms with E-state index in [-0.39, 0.29) is 12.0 Å². The predicted molar refractivity (Wildman–Crippen MR) is 117 cm³/mol. The number of pyridine rings is 2. The first-order valence-electron chi connectivity index (χ1n) is 10.2. The van der Waals surface area contributed by atoms with Crippen LogP contribution in [0.4, 0.5) is 5.82 Å². The number of hydrogen-bond acceptors (Lipinski definition) is 5. The number of hydrogen-bond donors (Lipinski definition) is 1. The molecule has 0 radical (unpaired) electrons. The summed E-state index contributed by atoms with van der Waals surface area (Å²) < 4.78 is 5.97. The predicted octanol–water partition coefficient (Wildman–Crippen LogP) is 3.63. The second kappa shape index (κ2) is 9.05. The maximum absolute atomic E-state index is 13.0. The van der Waals surface area contributed by atoms with Gasteiger partial charge in [-0.25, -0.2) is 4.98 Å². The van der Waals surface area contributed by atoms with Gasteiger partial charge in [0.2, 0.25) is 0 Å². The lowest BCUT2D eigenvalue weighted by atomic mass is 10.0. The second-order valence-electron chi connectivity index (χ2n) is 7.45. The van der Waals surface area contributed by atoms with Crippen LogP contribution in [0.2, 0.25) is 0 Å². The van der Waals surface area contributed by atoms with E-state index in [0.29, 0.717) is 31.1 Å². The summed E-state index contributed by atoms with van der Waals surface area (Å²) in [4.78, 5) is 23.8. The van der Waals surface area contributed by atoms with Gasteiger partial charge in [-0.3, -0.25) is 9.78 Å². The Morgan fingerprint density at radius 1 is 1.20 bits per heavy atom. The minimum atomic E-state index is -0.231. The first-order valence-corrected chi connectivity index (χ1v) is 10.2. The zero-order valence-electron chi connectivity index (χ0n) is 17.3. The molecule has 1 N–H and O–H groups in total. The van der Waals surface area contributed by atoms with Gasteiger partial charge < -0.3 is 15.0 Å². The largest absolute Gasteiger partial charge is 0.373 e. The molecule has 0 aliphatic carbocycles. The van der Waals surface area contributed by atoms with Crippen molar-refractivity contribution in [1.82, 2.24) is 14.9 Å². The van der Waals surface area contributed by atoms with Gasteiger partial charge in [0.15, 0.2) is 0 Å². The van der Waals surface area contributed by atoms with E-state index in [4.69, 9.17) is 9.72 Å². The second-order valence-corrected chi connectivity index (χ2v) is 7.45. The molecule has 4 rings (SSSR count). The number of ether oxygens (including phenoxy) is 1. The van der Waals surface area contributed by atoms with Gasteiger partial charge in [-0.05, 0) is 42.3 Å². The molecular formula is C24H26N4O2. The number of amides is 1. The molecule has 154 valence electrons. The SMILES string of the molecule is CNc1cc(C(=O)N2CCO[C@H](c3cccc(Cc4ccccc4C)n3)C2)ccn1. The summed E-state index contributed by atoms with van der Waals surface area (Å²) in [5, 5.41) is 2.97. The number of aryl methyl sites for hydroxylation is 1. The van der Waals surface area contributed by atoms with Crippen LogP contribution in [0, 0.1) is 6.92 Å². The Labute approximate surface area is 176 Å². The molecule has 30 heavy (non-hydrogen) atoms. The van der Waals surface area contributed by atoms with Gasteiger partial charge >= 0.3 is 0 Å². The van der Waals surface area contributed by atoms with E-state index in [1.165, 1.54) is 11.1 Å². The van der Waals surface area contributed by atoms with Gasteiger partial charge in [-0.15, -0.1) is 0 Å². The average Bonchev–Trinajstić information content (AvgIpc) is 2.80. The van der Waals surface area contributed by atoms with Crippen molar-refractivity contribution >= 4 is 11.7 Å². The monoisotopic (exact) mass is 402 g/mol. The van der Waals surface area contributed by atoms with Crippen LogP contribution < -0.4 is 5.32 Å². The molecule has 1 fully saturated rings. The fourth-order valence-corrected chi connectivity index (χ4v) is 3.68. The van der Waals surface area contributed by atoms with Crippen molar-refractivity contribution in [3.8, 4) is 0 Å². The lowest BCUT2D eigenvalue weighted by Gasteiger charge is -2.33. The Kier molecular flexibility index (Phi) is 6.05. The molecule has 1 atom stereocenters. The Morgan fingerprint density at radius 3 is 2.90 bits per heavy atom. The van der Waals surface area contributed by atoms with Crippen LogP contribution in [0.5, 0.6) is 0 Å². The molecule has 0 saturated carbocycles. The quantitative estimate of drug-likeness (QED) is 0.706. The number of benzene rings is 1. The number of nitrogens with zero attached hydrogens (tertiary/aromatic N) is 3. The first kappa shape index (κ1) is 20.0.